The van der Waals surface area contributed by atoms with Crippen molar-refractivity contribution in [3.8, 4) is 0 Å². The predicted molar refractivity (Wildman–Crippen MR) is 62.6 cm³/mol. The smallest absolute Gasteiger partial charge is 0.127 e. The number of halogens is 2. The van der Waals surface area contributed by atoms with E-state index in [1.165, 1.54) is 12.1 Å². The van der Waals surface area contributed by atoms with Crippen LogP contribution in [-0.4, -0.2) is 12.6 Å². The van der Waals surface area contributed by atoms with E-state index in [-0.39, 0.29) is 17.6 Å². The standard InChI is InChI=1S/C13H19F2N/c1-8(2)16-7-10(4)11-6-12(14)9(3)5-13(11)15/h5-6,8,10,16H,7H2,1-4H3. The second kappa shape index (κ2) is 5.39. The molecule has 1 aromatic rings. The van der Waals surface area contributed by atoms with Crippen molar-refractivity contribution in [1.29, 1.82) is 0 Å². The van der Waals surface area contributed by atoms with Crippen LogP contribution >= 0.6 is 0 Å². The van der Waals surface area contributed by atoms with Gasteiger partial charge >= 0.3 is 0 Å². The highest BCUT2D eigenvalue weighted by Gasteiger charge is 2.13. The summed E-state index contributed by atoms with van der Waals surface area (Å²) in [7, 11) is 0. The molecule has 0 spiro atoms. The second-order valence-electron chi connectivity index (χ2n) is 4.59. The van der Waals surface area contributed by atoms with Crippen molar-refractivity contribution in [3.05, 3.63) is 34.9 Å². The molecule has 1 unspecified atom stereocenters. The van der Waals surface area contributed by atoms with E-state index in [1.807, 2.05) is 20.8 Å². The molecule has 90 valence electrons. The zero-order valence-corrected chi connectivity index (χ0v) is 10.3. The molecule has 3 heteroatoms. The number of aryl methyl sites for hydroxylation is 1. The average Bonchev–Trinajstić information content (AvgIpc) is 2.20. The summed E-state index contributed by atoms with van der Waals surface area (Å²) >= 11 is 0. The molecule has 0 amide bonds. The first kappa shape index (κ1) is 13.1. The van der Waals surface area contributed by atoms with Crippen LogP contribution in [0.3, 0.4) is 0 Å². The number of hydrogen-bond donors (Lipinski definition) is 1. The molecule has 0 aliphatic carbocycles. The van der Waals surface area contributed by atoms with Gasteiger partial charge in [0, 0.05) is 12.6 Å². The van der Waals surface area contributed by atoms with Crippen LogP contribution in [-0.2, 0) is 0 Å². The Bertz CT molecular complexity index is 361. The van der Waals surface area contributed by atoms with Gasteiger partial charge in [-0.2, -0.15) is 0 Å². The summed E-state index contributed by atoms with van der Waals surface area (Å²) in [6.07, 6.45) is 0. The van der Waals surface area contributed by atoms with Crippen molar-refractivity contribution < 1.29 is 8.78 Å². The minimum Gasteiger partial charge on any atom is -0.314 e. The summed E-state index contributed by atoms with van der Waals surface area (Å²) in [6, 6.07) is 2.91. The first-order chi connectivity index (χ1) is 7.41. The quantitative estimate of drug-likeness (QED) is 0.831. The van der Waals surface area contributed by atoms with E-state index in [4.69, 9.17) is 0 Å². The largest absolute Gasteiger partial charge is 0.314 e. The first-order valence-electron chi connectivity index (χ1n) is 5.60. The molecule has 0 fully saturated rings. The van der Waals surface area contributed by atoms with Gasteiger partial charge in [0.15, 0.2) is 0 Å². The molecular weight excluding hydrogens is 208 g/mol. The molecule has 0 saturated heterocycles. The number of benzene rings is 1. The summed E-state index contributed by atoms with van der Waals surface area (Å²) in [5.41, 5.74) is 0.793. The molecule has 0 saturated carbocycles. The third-order valence-electron chi connectivity index (χ3n) is 2.64. The molecule has 0 radical (unpaired) electrons. The highest BCUT2D eigenvalue weighted by Crippen LogP contribution is 2.21. The fourth-order valence-electron chi connectivity index (χ4n) is 1.56. The van der Waals surface area contributed by atoms with Gasteiger partial charge in [-0.25, -0.2) is 8.78 Å². The SMILES string of the molecule is Cc1cc(F)c(C(C)CNC(C)C)cc1F. The van der Waals surface area contributed by atoms with Crippen molar-refractivity contribution in [3.63, 3.8) is 0 Å². The Labute approximate surface area is 95.9 Å². The maximum atomic E-state index is 13.6. The summed E-state index contributed by atoms with van der Waals surface area (Å²) in [5, 5.41) is 3.22. The van der Waals surface area contributed by atoms with E-state index < -0.39 is 0 Å². The molecule has 1 N–H and O–H groups in total. The Morgan fingerprint density at radius 3 is 2.31 bits per heavy atom. The lowest BCUT2D eigenvalue weighted by molar-refractivity contribution is 0.518. The van der Waals surface area contributed by atoms with E-state index in [0.29, 0.717) is 23.7 Å². The molecule has 16 heavy (non-hydrogen) atoms. The third kappa shape index (κ3) is 3.27. The van der Waals surface area contributed by atoms with E-state index >= 15 is 0 Å². The number of hydrogen-bond acceptors (Lipinski definition) is 1. The predicted octanol–water partition coefficient (Wildman–Crippen LogP) is 3.37. The Hall–Kier alpha value is -0.960. The van der Waals surface area contributed by atoms with Gasteiger partial charge in [-0.05, 0) is 36.1 Å². The zero-order valence-electron chi connectivity index (χ0n) is 10.3. The summed E-state index contributed by atoms with van der Waals surface area (Å²) in [4.78, 5) is 0. The van der Waals surface area contributed by atoms with Crippen LogP contribution in [0.2, 0.25) is 0 Å². The van der Waals surface area contributed by atoms with Crippen LogP contribution in [0.1, 0.15) is 37.8 Å². The first-order valence-corrected chi connectivity index (χ1v) is 5.60. The minimum absolute atomic E-state index is 0.0301. The molecule has 0 aliphatic rings. The zero-order chi connectivity index (χ0) is 12.3. The lowest BCUT2D eigenvalue weighted by atomic mass is 9.98. The highest BCUT2D eigenvalue weighted by atomic mass is 19.1. The van der Waals surface area contributed by atoms with Crippen molar-refractivity contribution in [2.24, 2.45) is 0 Å². The lowest BCUT2D eigenvalue weighted by Crippen LogP contribution is -2.27. The van der Waals surface area contributed by atoms with Crippen LogP contribution in [0.25, 0.3) is 0 Å². The van der Waals surface area contributed by atoms with E-state index in [2.05, 4.69) is 5.32 Å². The van der Waals surface area contributed by atoms with Gasteiger partial charge in [0.25, 0.3) is 0 Å². The number of rotatable bonds is 4. The highest BCUT2D eigenvalue weighted by molar-refractivity contribution is 5.27. The van der Waals surface area contributed by atoms with Crippen LogP contribution in [0, 0.1) is 18.6 Å². The third-order valence-corrected chi connectivity index (χ3v) is 2.64. The summed E-state index contributed by atoms with van der Waals surface area (Å²) in [5.74, 6) is -0.692. The Morgan fingerprint density at radius 2 is 1.75 bits per heavy atom. The lowest BCUT2D eigenvalue weighted by Gasteiger charge is -2.16. The Balaban J connectivity index is 2.82. The van der Waals surface area contributed by atoms with Gasteiger partial charge in [-0.15, -0.1) is 0 Å². The molecule has 0 heterocycles. The van der Waals surface area contributed by atoms with Crippen LogP contribution < -0.4 is 5.32 Å². The van der Waals surface area contributed by atoms with Crippen LogP contribution in [0.5, 0.6) is 0 Å². The number of nitrogens with one attached hydrogen (secondary N) is 1. The maximum Gasteiger partial charge on any atom is 0.127 e. The second-order valence-corrected chi connectivity index (χ2v) is 4.59. The van der Waals surface area contributed by atoms with Crippen LogP contribution in [0.4, 0.5) is 8.78 Å². The summed E-state index contributed by atoms with van der Waals surface area (Å²) in [6.45, 7) is 8.16. The van der Waals surface area contributed by atoms with Crippen molar-refractivity contribution in [2.75, 3.05) is 6.54 Å². The van der Waals surface area contributed by atoms with Crippen molar-refractivity contribution >= 4 is 0 Å². The maximum absolute atomic E-state index is 13.6. The average molecular weight is 227 g/mol. The topological polar surface area (TPSA) is 12.0 Å². The fourth-order valence-corrected chi connectivity index (χ4v) is 1.56. The van der Waals surface area contributed by atoms with E-state index in [0.717, 1.165) is 0 Å². The Morgan fingerprint density at radius 1 is 1.12 bits per heavy atom. The van der Waals surface area contributed by atoms with Gasteiger partial charge in [0.1, 0.15) is 11.6 Å². The molecule has 1 aromatic carbocycles. The minimum atomic E-state index is -0.340. The van der Waals surface area contributed by atoms with Gasteiger partial charge in [-0.1, -0.05) is 20.8 Å². The monoisotopic (exact) mass is 227 g/mol. The molecule has 0 aliphatic heterocycles. The summed E-state index contributed by atoms with van der Waals surface area (Å²) < 4.78 is 26.9. The van der Waals surface area contributed by atoms with Crippen molar-refractivity contribution in [1.82, 2.24) is 5.32 Å². The van der Waals surface area contributed by atoms with Gasteiger partial charge in [0.2, 0.25) is 0 Å². The van der Waals surface area contributed by atoms with Gasteiger partial charge in [0.05, 0.1) is 0 Å². The molecular formula is C13H19F2N. The van der Waals surface area contributed by atoms with Gasteiger partial charge in [-0.3, -0.25) is 0 Å². The fraction of sp³-hybridized carbons (Fsp3) is 0.538. The van der Waals surface area contributed by atoms with E-state index in [9.17, 15) is 8.78 Å². The van der Waals surface area contributed by atoms with Crippen molar-refractivity contribution in [2.45, 2.75) is 39.7 Å². The van der Waals surface area contributed by atoms with Gasteiger partial charge < -0.3 is 5.32 Å². The molecule has 1 rings (SSSR count). The van der Waals surface area contributed by atoms with Crippen LogP contribution in [0.15, 0.2) is 12.1 Å². The molecule has 0 aromatic heterocycles. The van der Waals surface area contributed by atoms with E-state index in [1.54, 1.807) is 6.92 Å². The molecule has 1 nitrogen and oxygen atoms in total. The molecule has 1 atom stereocenters. The molecule has 0 bridgehead atoms. The Kier molecular flexibility index (Phi) is 4.42. The normalized spacial score (nSPS) is 13.2.